The normalized spacial score (nSPS) is 15.5. The summed E-state index contributed by atoms with van der Waals surface area (Å²) in [6.45, 7) is 1.97. The van der Waals surface area contributed by atoms with Crippen LogP contribution in [0.3, 0.4) is 0 Å². The number of anilines is 1. The highest BCUT2D eigenvalue weighted by Crippen LogP contribution is 2.39. The van der Waals surface area contributed by atoms with Crippen molar-refractivity contribution >= 4 is 41.5 Å². The average molecular weight is 704 g/mol. The molecule has 14 nitrogen and oxygen atoms in total. The summed E-state index contributed by atoms with van der Waals surface area (Å²) >= 11 is 0. The Bertz CT molecular complexity index is 1770. The van der Waals surface area contributed by atoms with E-state index in [0.29, 0.717) is 74.0 Å². The maximum Gasteiger partial charge on any atom is 0.264 e. The number of nitrogens with zero attached hydrogens (tertiary/aromatic N) is 1. The molecule has 1 atom stereocenters. The predicted molar refractivity (Wildman–Crippen MR) is 187 cm³/mol. The van der Waals surface area contributed by atoms with Gasteiger partial charge >= 0.3 is 0 Å². The zero-order valence-corrected chi connectivity index (χ0v) is 28.9. The second-order valence-electron chi connectivity index (χ2n) is 11.4. The van der Waals surface area contributed by atoms with E-state index in [1.54, 1.807) is 46.6 Å². The van der Waals surface area contributed by atoms with E-state index in [1.165, 1.54) is 0 Å². The van der Waals surface area contributed by atoms with Gasteiger partial charge in [0.05, 0.1) is 66.0 Å². The molecule has 0 radical (unpaired) electrons. The molecular formula is C37H41N3O11. The molecule has 5 rings (SSSR count). The summed E-state index contributed by atoms with van der Waals surface area (Å²) in [5.74, 6) is 0.616. The molecule has 0 spiro atoms. The van der Waals surface area contributed by atoms with Crippen molar-refractivity contribution in [2.24, 2.45) is 0 Å². The molecule has 2 aliphatic heterocycles. The SMILES string of the molecule is COc1ccc(C=Cc2cc(OC)c(OC)c(OC)c2)cc1OCCOCCOCCNc1cccc2c1C(=O)N(C1CCC(=O)NC1=O)C2=O. The number of fused-ring (bicyclic) bond motifs is 1. The molecule has 1 fully saturated rings. The van der Waals surface area contributed by atoms with Gasteiger partial charge in [0.2, 0.25) is 17.6 Å². The fourth-order valence-electron chi connectivity index (χ4n) is 5.75. The monoisotopic (exact) mass is 703 g/mol. The summed E-state index contributed by atoms with van der Waals surface area (Å²) in [6, 6.07) is 13.2. The van der Waals surface area contributed by atoms with E-state index >= 15 is 0 Å². The number of nitrogens with one attached hydrogen (secondary N) is 2. The first-order valence-electron chi connectivity index (χ1n) is 16.3. The van der Waals surface area contributed by atoms with Crippen LogP contribution in [-0.4, -0.2) is 103 Å². The number of rotatable bonds is 18. The highest BCUT2D eigenvalue weighted by molar-refractivity contribution is 6.25. The maximum absolute atomic E-state index is 13.2. The lowest BCUT2D eigenvalue weighted by atomic mass is 10.0. The Hall–Kier alpha value is -5.60. The Balaban J connectivity index is 1.03. The maximum atomic E-state index is 13.2. The molecule has 1 unspecified atom stereocenters. The molecule has 2 aliphatic rings. The molecule has 270 valence electrons. The van der Waals surface area contributed by atoms with E-state index in [9.17, 15) is 19.2 Å². The van der Waals surface area contributed by atoms with E-state index < -0.39 is 29.7 Å². The molecule has 14 heteroatoms. The van der Waals surface area contributed by atoms with Crippen LogP contribution in [0.1, 0.15) is 44.7 Å². The molecule has 0 bridgehead atoms. The topological polar surface area (TPSA) is 160 Å². The van der Waals surface area contributed by atoms with Crippen molar-refractivity contribution in [2.75, 3.05) is 73.3 Å². The minimum absolute atomic E-state index is 0.0593. The lowest BCUT2D eigenvalue weighted by Gasteiger charge is -2.27. The van der Waals surface area contributed by atoms with Crippen LogP contribution >= 0.6 is 0 Å². The Morgan fingerprint density at radius 1 is 0.745 bits per heavy atom. The standard InChI is InChI=1S/C37H41N3O11/c1-45-28-12-10-23(8-9-24-21-30(46-2)34(48-4)31(22-24)47-3)20-29(28)51-19-18-50-17-16-49-15-14-38-26-7-5-6-25-33(26)37(44)40(36(25)43)27-11-13-32(41)39-35(27)42/h5-10,12,20-22,27,38H,11,13-19H2,1-4H3,(H,39,41,42). The molecule has 0 aromatic heterocycles. The molecule has 4 amide bonds. The lowest BCUT2D eigenvalue weighted by Crippen LogP contribution is -2.54. The Morgan fingerprint density at radius 2 is 1.41 bits per heavy atom. The van der Waals surface area contributed by atoms with Gasteiger partial charge in [0.25, 0.3) is 11.8 Å². The third-order valence-electron chi connectivity index (χ3n) is 8.23. The number of amides is 4. The first-order valence-corrected chi connectivity index (χ1v) is 16.3. The molecule has 3 aromatic carbocycles. The summed E-state index contributed by atoms with van der Waals surface area (Å²) < 4.78 is 39.0. The number of methoxy groups -OCH3 is 4. The molecule has 2 heterocycles. The number of imide groups is 2. The van der Waals surface area contributed by atoms with Gasteiger partial charge in [-0.1, -0.05) is 24.3 Å². The van der Waals surface area contributed by atoms with Gasteiger partial charge in [-0.05, 0) is 53.9 Å². The number of hydrogen-bond acceptors (Lipinski definition) is 12. The zero-order valence-electron chi connectivity index (χ0n) is 28.9. The minimum atomic E-state index is -1.02. The molecule has 3 aromatic rings. The van der Waals surface area contributed by atoms with Gasteiger partial charge in [-0.2, -0.15) is 0 Å². The van der Waals surface area contributed by atoms with Crippen LogP contribution in [0.4, 0.5) is 5.69 Å². The van der Waals surface area contributed by atoms with Gasteiger partial charge in [0, 0.05) is 18.7 Å². The number of benzene rings is 3. The van der Waals surface area contributed by atoms with E-state index in [0.717, 1.165) is 16.0 Å². The second-order valence-corrected chi connectivity index (χ2v) is 11.4. The van der Waals surface area contributed by atoms with Crippen molar-refractivity contribution in [3.8, 4) is 28.7 Å². The van der Waals surface area contributed by atoms with Gasteiger partial charge in [-0.25, -0.2) is 0 Å². The van der Waals surface area contributed by atoms with Gasteiger partial charge in [0.15, 0.2) is 23.0 Å². The molecular weight excluding hydrogens is 662 g/mol. The second kappa shape index (κ2) is 17.4. The van der Waals surface area contributed by atoms with Crippen molar-refractivity contribution in [1.82, 2.24) is 10.2 Å². The largest absolute Gasteiger partial charge is 0.493 e. The smallest absolute Gasteiger partial charge is 0.264 e. The number of carbonyl (C=O) groups is 4. The van der Waals surface area contributed by atoms with E-state index in [2.05, 4.69) is 10.6 Å². The Kier molecular flexibility index (Phi) is 12.5. The summed E-state index contributed by atoms with van der Waals surface area (Å²) in [7, 11) is 6.28. The summed E-state index contributed by atoms with van der Waals surface area (Å²) in [4.78, 5) is 51.1. The summed E-state index contributed by atoms with van der Waals surface area (Å²) in [5.41, 5.74) is 2.64. The molecule has 0 saturated carbocycles. The third-order valence-corrected chi connectivity index (χ3v) is 8.23. The predicted octanol–water partition coefficient (Wildman–Crippen LogP) is 3.82. The molecule has 2 N–H and O–H groups in total. The highest BCUT2D eigenvalue weighted by atomic mass is 16.6. The average Bonchev–Trinajstić information content (AvgIpc) is 3.40. The molecule has 0 aliphatic carbocycles. The first kappa shape index (κ1) is 36.7. The van der Waals surface area contributed by atoms with E-state index in [-0.39, 0.29) is 24.0 Å². The first-order chi connectivity index (χ1) is 24.8. The Morgan fingerprint density at radius 3 is 2.10 bits per heavy atom. The summed E-state index contributed by atoms with van der Waals surface area (Å²) in [5, 5.41) is 5.34. The van der Waals surface area contributed by atoms with Crippen molar-refractivity contribution in [1.29, 1.82) is 0 Å². The number of ether oxygens (including phenoxy) is 7. The number of carbonyl (C=O) groups excluding carboxylic acids is 4. The Labute approximate surface area is 295 Å². The molecule has 51 heavy (non-hydrogen) atoms. The van der Waals surface area contributed by atoms with E-state index in [4.69, 9.17) is 33.2 Å². The fraction of sp³-hybridized carbons (Fsp3) is 0.351. The van der Waals surface area contributed by atoms with Crippen molar-refractivity contribution in [3.05, 3.63) is 70.8 Å². The fourth-order valence-corrected chi connectivity index (χ4v) is 5.75. The van der Waals surface area contributed by atoms with Crippen LogP contribution in [-0.2, 0) is 19.1 Å². The lowest BCUT2D eigenvalue weighted by molar-refractivity contribution is -0.136. The minimum Gasteiger partial charge on any atom is -0.493 e. The number of piperidine rings is 1. The van der Waals surface area contributed by atoms with Crippen LogP contribution in [0.5, 0.6) is 28.7 Å². The van der Waals surface area contributed by atoms with Crippen LogP contribution in [0, 0.1) is 0 Å². The van der Waals surface area contributed by atoms with Crippen LogP contribution in [0.2, 0.25) is 0 Å². The van der Waals surface area contributed by atoms with Crippen LogP contribution in [0.25, 0.3) is 12.2 Å². The number of hydrogen-bond donors (Lipinski definition) is 2. The highest BCUT2D eigenvalue weighted by Gasteiger charge is 2.45. The third kappa shape index (κ3) is 8.59. The summed E-state index contributed by atoms with van der Waals surface area (Å²) in [6.07, 6.45) is 4.02. The van der Waals surface area contributed by atoms with Crippen molar-refractivity contribution in [3.63, 3.8) is 0 Å². The van der Waals surface area contributed by atoms with Gasteiger partial charge in [-0.3, -0.25) is 29.4 Å². The van der Waals surface area contributed by atoms with Crippen LogP contribution < -0.4 is 34.3 Å². The van der Waals surface area contributed by atoms with Crippen LogP contribution in [0.15, 0.2) is 48.5 Å². The van der Waals surface area contributed by atoms with E-state index in [1.807, 2.05) is 42.5 Å². The van der Waals surface area contributed by atoms with Gasteiger partial charge < -0.3 is 38.5 Å². The van der Waals surface area contributed by atoms with Gasteiger partial charge in [0.1, 0.15) is 12.6 Å². The zero-order chi connectivity index (χ0) is 36.3. The molecule has 1 saturated heterocycles. The van der Waals surface area contributed by atoms with Gasteiger partial charge in [-0.15, -0.1) is 0 Å². The van der Waals surface area contributed by atoms with Crippen molar-refractivity contribution in [2.45, 2.75) is 18.9 Å². The van der Waals surface area contributed by atoms with Crippen molar-refractivity contribution < 1.29 is 52.3 Å². The quantitative estimate of drug-likeness (QED) is 0.112.